The summed E-state index contributed by atoms with van der Waals surface area (Å²) in [6.07, 6.45) is 0. The number of hydrogen-bond donors (Lipinski definition) is 1. The van der Waals surface area contributed by atoms with E-state index in [4.69, 9.17) is 14.2 Å². The molecule has 1 aromatic carbocycles. The Balaban J connectivity index is 3.12. The minimum absolute atomic E-state index is 0.0658. The molecule has 0 bridgehead atoms. The summed E-state index contributed by atoms with van der Waals surface area (Å²) in [5.41, 5.74) is 1.00. The fourth-order valence-corrected chi connectivity index (χ4v) is 1.88. The minimum atomic E-state index is 0.0658. The Morgan fingerprint density at radius 3 is 2.12 bits per heavy atom. The number of methoxy groups -OCH3 is 3. The average molecular weight is 239 g/mol. The first-order valence-electron chi connectivity index (χ1n) is 5.71. The number of ether oxygens (including phenoxy) is 3. The van der Waals surface area contributed by atoms with Crippen LogP contribution in [0.15, 0.2) is 18.2 Å². The number of likely N-dealkylation sites (N-methyl/N-ethyl adjacent to an activating group) is 1. The highest BCUT2D eigenvalue weighted by Crippen LogP contribution is 2.33. The van der Waals surface area contributed by atoms with E-state index in [1.165, 1.54) is 0 Å². The zero-order valence-corrected chi connectivity index (χ0v) is 10.9. The molecule has 0 aliphatic carbocycles. The summed E-state index contributed by atoms with van der Waals surface area (Å²) >= 11 is 0. The zero-order chi connectivity index (χ0) is 12.7. The molecular weight excluding hydrogens is 218 g/mol. The van der Waals surface area contributed by atoms with E-state index in [-0.39, 0.29) is 6.04 Å². The molecule has 4 heteroatoms. The first-order valence-corrected chi connectivity index (χ1v) is 5.71. The van der Waals surface area contributed by atoms with E-state index in [9.17, 15) is 0 Å². The van der Waals surface area contributed by atoms with Gasteiger partial charge in [0.15, 0.2) is 0 Å². The van der Waals surface area contributed by atoms with Crippen molar-refractivity contribution in [1.82, 2.24) is 5.32 Å². The van der Waals surface area contributed by atoms with Crippen LogP contribution in [-0.4, -0.2) is 34.5 Å². The lowest BCUT2D eigenvalue weighted by Crippen LogP contribution is -2.25. The summed E-state index contributed by atoms with van der Waals surface area (Å²) in [6, 6.07) is 5.84. The van der Waals surface area contributed by atoms with Gasteiger partial charge in [0.05, 0.1) is 32.4 Å². The fourth-order valence-electron chi connectivity index (χ4n) is 1.88. The van der Waals surface area contributed by atoms with Crippen LogP contribution in [0.1, 0.15) is 18.5 Å². The Bertz CT molecular complexity index is 313. The summed E-state index contributed by atoms with van der Waals surface area (Å²) < 4.78 is 16.0. The summed E-state index contributed by atoms with van der Waals surface area (Å²) in [6.45, 7) is 3.49. The van der Waals surface area contributed by atoms with Gasteiger partial charge < -0.3 is 19.5 Å². The van der Waals surface area contributed by atoms with Gasteiger partial charge in [-0.1, -0.05) is 13.0 Å². The van der Waals surface area contributed by atoms with Gasteiger partial charge in [0.1, 0.15) is 11.5 Å². The Morgan fingerprint density at radius 2 is 1.71 bits per heavy atom. The van der Waals surface area contributed by atoms with Crippen molar-refractivity contribution in [2.45, 2.75) is 13.0 Å². The van der Waals surface area contributed by atoms with Crippen LogP contribution in [0.3, 0.4) is 0 Å². The van der Waals surface area contributed by atoms with Crippen molar-refractivity contribution in [3.8, 4) is 11.5 Å². The summed E-state index contributed by atoms with van der Waals surface area (Å²) in [5, 5.41) is 3.36. The van der Waals surface area contributed by atoms with Gasteiger partial charge in [0.25, 0.3) is 0 Å². The summed E-state index contributed by atoms with van der Waals surface area (Å²) in [4.78, 5) is 0. The molecule has 0 amide bonds. The highest BCUT2D eigenvalue weighted by atomic mass is 16.5. The molecule has 1 atom stereocenters. The molecule has 0 aliphatic heterocycles. The van der Waals surface area contributed by atoms with E-state index >= 15 is 0 Å². The van der Waals surface area contributed by atoms with Gasteiger partial charge in [-0.2, -0.15) is 0 Å². The van der Waals surface area contributed by atoms with Crippen LogP contribution in [-0.2, 0) is 4.74 Å². The number of rotatable bonds is 7. The van der Waals surface area contributed by atoms with Gasteiger partial charge in [-0.15, -0.1) is 0 Å². The molecule has 0 radical (unpaired) electrons. The molecule has 96 valence electrons. The van der Waals surface area contributed by atoms with E-state index < -0.39 is 0 Å². The van der Waals surface area contributed by atoms with Crippen molar-refractivity contribution in [1.29, 1.82) is 0 Å². The van der Waals surface area contributed by atoms with Gasteiger partial charge in [0.2, 0.25) is 0 Å². The summed E-state index contributed by atoms with van der Waals surface area (Å²) in [7, 11) is 5.01. The van der Waals surface area contributed by atoms with E-state index in [1.54, 1.807) is 21.3 Å². The first kappa shape index (κ1) is 13.8. The maximum absolute atomic E-state index is 5.39. The molecule has 17 heavy (non-hydrogen) atoms. The topological polar surface area (TPSA) is 39.7 Å². The monoisotopic (exact) mass is 239 g/mol. The molecule has 0 saturated heterocycles. The van der Waals surface area contributed by atoms with Gasteiger partial charge in [-0.05, 0) is 18.7 Å². The van der Waals surface area contributed by atoms with Gasteiger partial charge in [-0.3, -0.25) is 0 Å². The second kappa shape index (κ2) is 7.14. The normalized spacial score (nSPS) is 12.2. The lowest BCUT2D eigenvalue weighted by atomic mass is 10.0. The zero-order valence-electron chi connectivity index (χ0n) is 10.9. The molecule has 1 rings (SSSR count). The largest absolute Gasteiger partial charge is 0.496 e. The second-order valence-electron chi connectivity index (χ2n) is 3.64. The van der Waals surface area contributed by atoms with Crippen LogP contribution in [0, 0.1) is 0 Å². The van der Waals surface area contributed by atoms with Crippen LogP contribution in [0.4, 0.5) is 0 Å². The Labute approximate surface area is 103 Å². The van der Waals surface area contributed by atoms with Crippen molar-refractivity contribution in [3.63, 3.8) is 0 Å². The standard InChI is InChI=1S/C13H21NO3/c1-5-14-10(9-15-2)13-11(16-3)7-6-8-12(13)17-4/h6-8,10,14H,5,9H2,1-4H3. The van der Waals surface area contributed by atoms with E-state index in [0.29, 0.717) is 6.61 Å². The van der Waals surface area contributed by atoms with Crippen LogP contribution >= 0.6 is 0 Å². The highest BCUT2D eigenvalue weighted by molar-refractivity contribution is 5.47. The molecule has 0 heterocycles. The third-order valence-corrected chi connectivity index (χ3v) is 2.60. The predicted molar refractivity (Wildman–Crippen MR) is 67.8 cm³/mol. The number of benzene rings is 1. The molecule has 0 saturated carbocycles. The number of hydrogen-bond acceptors (Lipinski definition) is 4. The molecule has 0 aliphatic rings. The molecule has 1 N–H and O–H groups in total. The van der Waals surface area contributed by atoms with Gasteiger partial charge in [-0.25, -0.2) is 0 Å². The fraction of sp³-hybridized carbons (Fsp3) is 0.538. The molecule has 4 nitrogen and oxygen atoms in total. The Kier molecular flexibility index (Phi) is 5.80. The molecule has 0 fully saturated rings. The van der Waals surface area contributed by atoms with Crippen molar-refractivity contribution in [2.75, 3.05) is 34.5 Å². The third-order valence-electron chi connectivity index (χ3n) is 2.60. The highest BCUT2D eigenvalue weighted by Gasteiger charge is 2.19. The van der Waals surface area contributed by atoms with Crippen LogP contribution < -0.4 is 14.8 Å². The lowest BCUT2D eigenvalue weighted by Gasteiger charge is -2.22. The average Bonchev–Trinajstić information content (AvgIpc) is 2.37. The van der Waals surface area contributed by atoms with Crippen LogP contribution in [0.5, 0.6) is 11.5 Å². The van der Waals surface area contributed by atoms with Gasteiger partial charge >= 0.3 is 0 Å². The molecule has 1 unspecified atom stereocenters. The maximum Gasteiger partial charge on any atom is 0.127 e. The molecule has 0 spiro atoms. The predicted octanol–water partition coefficient (Wildman–Crippen LogP) is 2.00. The quantitative estimate of drug-likeness (QED) is 0.790. The van der Waals surface area contributed by atoms with Crippen LogP contribution in [0.25, 0.3) is 0 Å². The molecule has 0 aromatic heterocycles. The van der Waals surface area contributed by atoms with E-state index in [2.05, 4.69) is 12.2 Å². The minimum Gasteiger partial charge on any atom is -0.496 e. The van der Waals surface area contributed by atoms with Crippen molar-refractivity contribution < 1.29 is 14.2 Å². The van der Waals surface area contributed by atoms with Crippen molar-refractivity contribution >= 4 is 0 Å². The van der Waals surface area contributed by atoms with Crippen LogP contribution in [0.2, 0.25) is 0 Å². The Hall–Kier alpha value is -1.26. The molecular formula is C13H21NO3. The second-order valence-corrected chi connectivity index (χ2v) is 3.64. The first-order chi connectivity index (χ1) is 8.28. The van der Waals surface area contributed by atoms with E-state index in [0.717, 1.165) is 23.6 Å². The van der Waals surface area contributed by atoms with Crippen molar-refractivity contribution in [2.24, 2.45) is 0 Å². The smallest absolute Gasteiger partial charge is 0.127 e. The SMILES string of the molecule is CCNC(COC)c1c(OC)cccc1OC. The Morgan fingerprint density at radius 1 is 1.12 bits per heavy atom. The van der Waals surface area contributed by atoms with Crippen molar-refractivity contribution in [3.05, 3.63) is 23.8 Å². The lowest BCUT2D eigenvalue weighted by molar-refractivity contribution is 0.165. The number of nitrogens with one attached hydrogen (secondary N) is 1. The van der Waals surface area contributed by atoms with Gasteiger partial charge in [0, 0.05) is 7.11 Å². The molecule has 1 aromatic rings. The third kappa shape index (κ3) is 3.35. The summed E-state index contributed by atoms with van der Waals surface area (Å²) in [5.74, 6) is 1.62. The maximum atomic E-state index is 5.39. The van der Waals surface area contributed by atoms with E-state index in [1.807, 2.05) is 18.2 Å².